The zero-order chi connectivity index (χ0) is 18.4. The third-order valence-electron chi connectivity index (χ3n) is 4.04. The van der Waals surface area contributed by atoms with Crippen molar-refractivity contribution in [1.29, 1.82) is 0 Å². The van der Waals surface area contributed by atoms with Crippen LogP contribution in [-0.4, -0.2) is 31.9 Å². The van der Waals surface area contributed by atoms with Gasteiger partial charge >= 0.3 is 5.69 Å². The Morgan fingerprint density at radius 1 is 1.19 bits per heavy atom. The molecule has 0 bridgehead atoms. The minimum atomic E-state index is -0.626. The second-order valence-electron chi connectivity index (χ2n) is 5.83. The van der Waals surface area contributed by atoms with Gasteiger partial charge in [0.2, 0.25) is 5.82 Å². The van der Waals surface area contributed by atoms with E-state index >= 15 is 0 Å². The van der Waals surface area contributed by atoms with Crippen LogP contribution in [0.1, 0.15) is 42.5 Å². The van der Waals surface area contributed by atoms with E-state index in [1.54, 1.807) is 0 Å². The molecule has 1 amide bonds. The van der Waals surface area contributed by atoms with Crippen LogP contribution in [0.4, 0.5) is 11.5 Å². The van der Waals surface area contributed by atoms with Crippen LogP contribution in [-0.2, 0) is 0 Å². The number of hydrogen-bond acceptors (Lipinski definition) is 8. The highest BCUT2D eigenvalue weighted by Crippen LogP contribution is 2.33. The van der Waals surface area contributed by atoms with Crippen molar-refractivity contribution in [2.24, 2.45) is 0 Å². The number of nitro groups is 1. The Bertz CT molecular complexity index is 780. The summed E-state index contributed by atoms with van der Waals surface area (Å²) in [5.41, 5.74) is 4.79. The van der Waals surface area contributed by atoms with Gasteiger partial charge in [0.05, 0.1) is 4.92 Å². The summed E-state index contributed by atoms with van der Waals surface area (Å²) in [5.74, 6) is -0.717. The van der Waals surface area contributed by atoms with Gasteiger partial charge < -0.3 is 4.74 Å². The molecule has 3 rings (SSSR count). The fraction of sp³-hybridized carbons (Fsp3) is 0.375. The molecule has 136 valence electrons. The first kappa shape index (κ1) is 17.5. The van der Waals surface area contributed by atoms with Gasteiger partial charge in [-0.2, -0.15) is 4.98 Å². The molecule has 26 heavy (non-hydrogen) atoms. The lowest BCUT2D eigenvalue weighted by molar-refractivity contribution is -0.385. The van der Waals surface area contributed by atoms with Crippen molar-refractivity contribution in [3.05, 3.63) is 46.5 Å². The third kappa shape index (κ3) is 4.21. The lowest BCUT2D eigenvalue weighted by Gasteiger charge is -2.22. The Morgan fingerprint density at radius 3 is 2.62 bits per heavy atom. The number of ether oxygens (including phenoxy) is 1. The topological polar surface area (TPSA) is 132 Å². The van der Waals surface area contributed by atoms with Crippen LogP contribution in [0.5, 0.6) is 5.88 Å². The zero-order valence-electron chi connectivity index (χ0n) is 13.9. The van der Waals surface area contributed by atoms with Crippen molar-refractivity contribution in [3.63, 3.8) is 0 Å². The van der Waals surface area contributed by atoms with E-state index in [9.17, 15) is 14.9 Å². The van der Waals surface area contributed by atoms with Gasteiger partial charge in [-0.05, 0) is 37.8 Å². The average Bonchev–Trinajstić information content (AvgIpc) is 2.67. The van der Waals surface area contributed by atoms with Crippen LogP contribution in [0.3, 0.4) is 0 Å². The molecule has 0 spiro atoms. The minimum Gasteiger partial charge on any atom is -0.469 e. The van der Waals surface area contributed by atoms with Gasteiger partial charge in [-0.1, -0.05) is 6.42 Å². The van der Waals surface area contributed by atoms with Crippen LogP contribution in [0.2, 0.25) is 0 Å². The number of amides is 1. The Kier molecular flexibility index (Phi) is 5.52. The normalized spacial score (nSPS) is 14.5. The number of anilines is 1. The van der Waals surface area contributed by atoms with Gasteiger partial charge in [0.1, 0.15) is 12.4 Å². The van der Waals surface area contributed by atoms with Gasteiger partial charge in [0.25, 0.3) is 11.8 Å². The van der Waals surface area contributed by atoms with E-state index in [0.717, 1.165) is 38.4 Å². The van der Waals surface area contributed by atoms with Crippen LogP contribution in [0.25, 0.3) is 0 Å². The standard InChI is InChI=1S/C16H18N6O4/c23-15(11-6-8-17-9-7-11)21-20-14-13(22(24)25)16(19-10-18-14)26-12-4-2-1-3-5-12/h6-10,12H,1-5H2,(H,21,23)(H,18,19,20). The molecular weight excluding hydrogens is 340 g/mol. The Labute approximate surface area is 149 Å². The quantitative estimate of drug-likeness (QED) is 0.593. The highest BCUT2D eigenvalue weighted by atomic mass is 16.6. The van der Waals surface area contributed by atoms with Crippen molar-refractivity contribution >= 4 is 17.4 Å². The first-order valence-corrected chi connectivity index (χ1v) is 8.27. The molecule has 0 aliphatic heterocycles. The van der Waals surface area contributed by atoms with Crippen molar-refractivity contribution in [1.82, 2.24) is 20.4 Å². The van der Waals surface area contributed by atoms with Gasteiger partial charge in [-0.15, -0.1) is 0 Å². The lowest BCUT2D eigenvalue weighted by atomic mass is 9.98. The lowest BCUT2D eigenvalue weighted by Crippen LogP contribution is -2.30. The predicted molar refractivity (Wildman–Crippen MR) is 91.5 cm³/mol. The maximum absolute atomic E-state index is 12.1. The number of carbonyl (C=O) groups is 1. The largest absolute Gasteiger partial charge is 0.469 e. The molecule has 1 aliphatic rings. The molecule has 0 unspecified atom stereocenters. The van der Waals surface area contributed by atoms with Gasteiger partial charge in [-0.3, -0.25) is 30.7 Å². The zero-order valence-corrected chi connectivity index (χ0v) is 13.9. The summed E-state index contributed by atoms with van der Waals surface area (Å²) in [7, 11) is 0. The van der Waals surface area contributed by atoms with Crippen molar-refractivity contribution < 1.29 is 14.5 Å². The van der Waals surface area contributed by atoms with Crippen LogP contribution < -0.4 is 15.6 Å². The first-order chi connectivity index (χ1) is 12.6. The number of nitrogens with one attached hydrogen (secondary N) is 2. The van der Waals surface area contributed by atoms with Gasteiger partial charge in [-0.25, -0.2) is 4.98 Å². The Hall–Kier alpha value is -3.30. The molecule has 2 heterocycles. The maximum Gasteiger partial charge on any atom is 0.374 e. The molecule has 1 saturated carbocycles. The smallest absolute Gasteiger partial charge is 0.374 e. The van der Waals surface area contributed by atoms with E-state index in [1.165, 1.54) is 24.5 Å². The third-order valence-corrected chi connectivity index (χ3v) is 4.04. The van der Waals surface area contributed by atoms with E-state index in [4.69, 9.17) is 4.74 Å². The number of carbonyl (C=O) groups excluding carboxylic acids is 1. The van der Waals surface area contributed by atoms with E-state index in [0.29, 0.717) is 5.56 Å². The van der Waals surface area contributed by atoms with E-state index < -0.39 is 16.5 Å². The molecule has 0 radical (unpaired) electrons. The summed E-state index contributed by atoms with van der Waals surface area (Å²) < 4.78 is 5.73. The number of nitrogens with zero attached hydrogens (tertiary/aromatic N) is 4. The summed E-state index contributed by atoms with van der Waals surface area (Å²) in [4.78, 5) is 34.5. The number of hydrogen-bond donors (Lipinski definition) is 2. The average molecular weight is 358 g/mol. The van der Waals surface area contributed by atoms with Gasteiger partial charge in [0, 0.05) is 18.0 Å². The predicted octanol–water partition coefficient (Wildman–Crippen LogP) is 2.25. The molecule has 0 saturated heterocycles. The summed E-state index contributed by atoms with van der Waals surface area (Å²) in [6.07, 6.45) is 8.86. The molecule has 1 aliphatic carbocycles. The van der Waals surface area contributed by atoms with Crippen molar-refractivity contribution in [2.45, 2.75) is 38.2 Å². The maximum atomic E-state index is 12.1. The second-order valence-corrected chi connectivity index (χ2v) is 5.83. The molecule has 0 aromatic carbocycles. The van der Waals surface area contributed by atoms with E-state index in [2.05, 4.69) is 25.8 Å². The molecule has 2 N–H and O–H groups in total. The number of rotatable bonds is 6. The first-order valence-electron chi connectivity index (χ1n) is 8.27. The Balaban J connectivity index is 1.75. The molecule has 10 heteroatoms. The SMILES string of the molecule is O=C(NNc1ncnc(OC2CCCCC2)c1[N+](=O)[O-])c1ccncc1. The molecular formula is C16H18N6O4. The highest BCUT2D eigenvalue weighted by molar-refractivity contribution is 5.94. The summed E-state index contributed by atoms with van der Waals surface area (Å²) in [6, 6.07) is 3.03. The molecule has 10 nitrogen and oxygen atoms in total. The highest BCUT2D eigenvalue weighted by Gasteiger charge is 2.27. The number of aromatic nitrogens is 3. The van der Waals surface area contributed by atoms with Crippen molar-refractivity contribution in [2.75, 3.05) is 5.43 Å². The number of pyridine rings is 1. The van der Waals surface area contributed by atoms with Gasteiger partial charge in [0.15, 0.2) is 0 Å². The molecule has 2 aromatic heterocycles. The summed E-state index contributed by atoms with van der Waals surface area (Å²) in [5, 5.41) is 11.5. The number of hydrazine groups is 1. The minimum absolute atomic E-state index is 0.0995. The Morgan fingerprint density at radius 2 is 1.92 bits per heavy atom. The van der Waals surface area contributed by atoms with Crippen LogP contribution in [0.15, 0.2) is 30.9 Å². The fourth-order valence-electron chi connectivity index (χ4n) is 2.74. The summed E-state index contributed by atoms with van der Waals surface area (Å²) >= 11 is 0. The second kappa shape index (κ2) is 8.19. The molecule has 2 aromatic rings. The monoisotopic (exact) mass is 358 g/mol. The van der Waals surface area contributed by atoms with Crippen LogP contribution in [0, 0.1) is 10.1 Å². The van der Waals surface area contributed by atoms with E-state index in [1.807, 2.05) is 0 Å². The van der Waals surface area contributed by atoms with Crippen molar-refractivity contribution in [3.8, 4) is 5.88 Å². The summed E-state index contributed by atoms with van der Waals surface area (Å²) in [6.45, 7) is 0. The molecule has 0 atom stereocenters. The van der Waals surface area contributed by atoms with Crippen LogP contribution >= 0.6 is 0 Å². The molecule has 1 fully saturated rings. The van der Waals surface area contributed by atoms with E-state index in [-0.39, 0.29) is 17.8 Å². The fourth-order valence-corrected chi connectivity index (χ4v) is 2.74.